The van der Waals surface area contributed by atoms with E-state index in [0.29, 0.717) is 27.1 Å². The Morgan fingerprint density at radius 1 is 1.07 bits per heavy atom. The Kier molecular flexibility index (Phi) is 5.23. The largest absolute Gasteiger partial charge is 0.348 e. The molecule has 0 atom stereocenters. The van der Waals surface area contributed by atoms with Gasteiger partial charge in [-0.05, 0) is 35.9 Å². The van der Waals surface area contributed by atoms with E-state index in [0.717, 1.165) is 11.9 Å². The Morgan fingerprint density at radius 2 is 1.83 bits per heavy atom. The van der Waals surface area contributed by atoms with Crippen molar-refractivity contribution in [3.63, 3.8) is 0 Å². The molecule has 3 aromatic heterocycles. The topological polar surface area (TPSA) is 107 Å². The van der Waals surface area contributed by atoms with Crippen LogP contribution in [0.5, 0.6) is 0 Å². The van der Waals surface area contributed by atoms with Gasteiger partial charge in [0, 0.05) is 35.6 Å². The third-order valence-electron chi connectivity index (χ3n) is 4.44. The van der Waals surface area contributed by atoms with Crippen molar-refractivity contribution in [3.8, 4) is 5.69 Å². The highest BCUT2D eigenvalue weighted by molar-refractivity contribution is 7.90. The lowest BCUT2D eigenvalue weighted by Gasteiger charge is -2.07. The molecular weight excluding hydrogens is 426 g/mol. The van der Waals surface area contributed by atoms with Crippen molar-refractivity contribution in [2.75, 3.05) is 6.26 Å². The maximum atomic E-state index is 12.7. The number of aromatic nitrogens is 4. The summed E-state index contributed by atoms with van der Waals surface area (Å²) in [5.41, 5.74) is 2.54. The van der Waals surface area contributed by atoms with Gasteiger partial charge >= 0.3 is 0 Å². The number of nitrogens with zero attached hydrogens (tertiary/aromatic N) is 4. The molecule has 0 saturated heterocycles. The van der Waals surface area contributed by atoms with Crippen LogP contribution in [0.15, 0.2) is 66.2 Å². The fourth-order valence-corrected chi connectivity index (χ4v) is 3.61. The van der Waals surface area contributed by atoms with Crippen LogP contribution >= 0.6 is 11.6 Å². The van der Waals surface area contributed by atoms with Crippen LogP contribution in [0, 0.1) is 0 Å². The summed E-state index contributed by atoms with van der Waals surface area (Å²) in [4.78, 5) is 20.8. The zero-order valence-electron chi connectivity index (χ0n) is 15.8. The first-order valence-electron chi connectivity index (χ1n) is 8.84. The molecule has 0 bridgehead atoms. The van der Waals surface area contributed by atoms with Gasteiger partial charge in [0.15, 0.2) is 14.9 Å². The molecule has 10 heteroatoms. The summed E-state index contributed by atoms with van der Waals surface area (Å²) >= 11 is 5.95. The van der Waals surface area contributed by atoms with Crippen LogP contribution in [-0.4, -0.2) is 40.3 Å². The molecule has 0 unspecified atom stereocenters. The molecule has 3 heterocycles. The Bertz CT molecular complexity index is 1330. The van der Waals surface area contributed by atoms with Gasteiger partial charge in [0.05, 0.1) is 29.2 Å². The molecule has 0 spiro atoms. The molecule has 30 heavy (non-hydrogen) atoms. The number of benzene rings is 1. The second-order valence-corrected chi connectivity index (χ2v) is 9.01. The zero-order valence-corrected chi connectivity index (χ0v) is 17.4. The van der Waals surface area contributed by atoms with Gasteiger partial charge in [0.25, 0.3) is 5.91 Å². The molecular formula is C20H16ClN5O3S. The summed E-state index contributed by atoms with van der Waals surface area (Å²) in [5.74, 6) is -0.323. The van der Waals surface area contributed by atoms with Gasteiger partial charge in [-0.3, -0.25) is 9.78 Å². The van der Waals surface area contributed by atoms with Crippen LogP contribution in [0.2, 0.25) is 5.02 Å². The third-order valence-corrected chi connectivity index (χ3v) is 5.70. The Labute approximate surface area is 177 Å². The number of hydrogen-bond acceptors (Lipinski definition) is 6. The highest BCUT2D eigenvalue weighted by Crippen LogP contribution is 2.22. The molecule has 1 N–H and O–H groups in total. The maximum Gasteiger partial charge on any atom is 0.253 e. The number of carbonyl (C=O) groups excluding carboxylic acids is 1. The Balaban J connectivity index is 1.56. The Hall–Kier alpha value is -3.30. The number of hydrogen-bond donors (Lipinski definition) is 1. The zero-order chi connectivity index (χ0) is 21.3. The van der Waals surface area contributed by atoms with E-state index >= 15 is 0 Å². The molecule has 0 radical (unpaired) electrons. The van der Waals surface area contributed by atoms with E-state index in [4.69, 9.17) is 11.6 Å². The second-order valence-electron chi connectivity index (χ2n) is 6.61. The number of sulfone groups is 1. The average Bonchev–Trinajstić information content (AvgIpc) is 3.16. The van der Waals surface area contributed by atoms with Crippen LogP contribution in [0.1, 0.15) is 15.9 Å². The summed E-state index contributed by atoms with van der Waals surface area (Å²) in [6.07, 6.45) is 7.25. The average molecular weight is 442 g/mol. The first kappa shape index (κ1) is 20.0. The normalized spacial score (nSPS) is 11.5. The molecule has 8 nitrogen and oxygen atoms in total. The highest BCUT2D eigenvalue weighted by Gasteiger charge is 2.15. The van der Waals surface area contributed by atoms with Crippen LogP contribution in [-0.2, 0) is 16.4 Å². The minimum atomic E-state index is -3.36. The number of rotatable bonds is 5. The van der Waals surface area contributed by atoms with E-state index in [2.05, 4.69) is 20.4 Å². The molecule has 1 amide bonds. The monoisotopic (exact) mass is 441 g/mol. The van der Waals surface area contributed by atoms with Gasteiger partial charge in [0.2, 0.25) is 0 Å². The lowest BCUT2D eigenvalue weighted by molar-refractivity contribution is 0.0952. The number of nitrogens with one attached hydrogen (secondary N) is 1. The number of carbonyl (C=O) groups is 1. The molecule has 1 aromatic carbocycles. The van der Waals surface area contributed by atoms with Crippen molar-refractivity contribution in [3.05, 3.63) is 77.3 Å². The first-order chi connectivity index (χ1) is 14.3. The number of pyridine rings is 2. The van der Waals surface area contributed by atoms with Gasteiger partial charge in [-0.15, -0.1) is 0 Å². The molecule has 0 aliphatic heterocycles. The Morgan fingerprint density at radius 3 is 2.50 bits per heavy atom. The predicted octanol–water partition coefficient (Wildman–Crippen LogP) is 2.80. The SMILES string of the molecule is CS(=O)(=O)c1ccc(CNC(=O)c2cncc3c2cnn3-c2ccc(Cl)cc2)cn1. The minimum absolute atomic E-state index is 0.0128. The van der Waals surface area contributed by atoms with Crippen molar-refractivity contribution >= 4 is 38.2 Å². The summed E-state index contributed by atoms with van der Waals surface area (Å²) in [6.45, 7) is 0.192. The van der Waals surface area contributed by atoms with E-state index in [-0.39, 0.29) is 17.5 Å². The van der Waals surface area contributed by atoms with E-state index in [1.807, 2.05) is 12.1 Å². The van der Waals surface area contributed by atoms with Crippen molar-refractivity contribution in [2.45, 2.75) is 11.6 Å². The third kappa shape index (κ3) is 4.03. The van der Waals surface area contributed by atoms with Crippen molar-refractivity contribution in [1.29, 1.82) is 0 Å². The molecule has 0 fully saturated rings. The van der Waals surface area contributed by atoms with Crippen LogP contribution in [0.3, 0.4) is 0 Å². The fraction of sp³-hybridized carbons (Fsp3) is 0.100. The number of amides is 1. The summed E-state index contributed by atoms with van der Waals surface area (Å²) < 4.78 is 24.7. The predicted molar refractivity (Wildman–Crippen MR) is 112 cm³/mol. The van der Waals surface area contributed by atoms with E-state index in [1.54, 1.807) is 35.3 Å². The van der Waals surface area contributed by atoms with E-state index < -0.39 is 9.84 Å². The molecule has 0 aliphatic rings. The number of fused-ring (bicyclic) bond motifs is 1. The van der Waals surface area contributed by atoms with Gasteiger partial charge in [-0.25, -0.2) is 18.1 Å². The highest BCUT2D eigenvalue weighted by atomic mass is 35.5. The molecule has 152 valence electrons. The van der Waals surface area contributed by atoms with Crippen LogP contribution < -0.4 is 5.32 Å². The van der Waals surface area contributed by atoms with Crippen molar-refractivity contribution in [1.82, 2.24) is 25.1 Å². The first-order valence-corrected chi connectivity index (χ1v) is 11.1. The van der Waals surface area contributed by atoms with Gasteiger partial charge < -0.3 is 5.32 Å². The minimum Gasteiger partial charge on any atom is -0.348 e. The standard InChI is InChI=1S/C20H16ClN5O3S/c1-30(28,29)19-7-2-13(8-23-19)9-24-20(27)17-10-22-12-18-16(17)11-25-26(18)15-5-3-14(21)4-6-15/h2-8,10-12H,9H2,1H3,(H,24,27). The fourth-order valence-electron chi connectivity index (χ4n) is 2.92. The second kappa shape index (κ2) is 7.85. The number of halogens is 1. The van der Waals surface area contributed by atoms with Gasteiger partial charge in [-0.1, -0.05) is 17.7 Å². The lowest BCUT2D eigenvalue weighted by atomic mass is 10.1. The van der Waals surface area contributed by atoms with Gasteiger partial charge in [-0.2, -0.15) is 5.10 Å². The maximum absolute atomic E-state index is 12.7. The van der Waals surface area contributed by atoms with Crippen LogP contribution in [0.4, 0.5) is 0 Å². The van der Waals surface area contributed by atoms with E-state index in [9.17, 15) is 13.2 Å². The molecule has 4 rings (SSSR count). The smallest absolute Gasteiger partial charge is 0.253 e. The lowest BCUT2D eigenvalue weighted by Crippen LogP contribution is -2.23. The summed E-state index contributed by atoms with van der Waals surface area (Å²) in [6, 6.07) is 10.2. The summed E-state index contributed by atoms with van der Waals surface area (Å²) in [5, 5.41) is 8.44. The van der Waals surface area contributed by atoms with Gasteiger partial charge in [0.1, 0.15) is 0 Å². The molecule has 4 aromatic rings. The van der Waals surface area contributed by atoms with Crippen molar-refractivity contribution in [2.24, 2.45) is 0 Å². The van der Waals surface area contributed by atoms with Crippen molar-refractivity contribution < 1.29 is 13.2 Å². The van der Waals surface area contributed by atoms with Crippen LogP contribution in [0.25, 0.3) is 16.6 Å². The van der Waals surface area contributed by atoms with E-state index in [1.165, 1.54) is 18.5 Å². The quantitative estimate of drug-likeness (QED) is 0.510. The molecule has 0 saturated carbocycles. The molecule has 0 aliphatic carbocycles. The summed E-state index contributed by atoms with van der Waals surface area (Å²) in [7, 11) is -3.36.